The lowest BCUT2D eigenvalue weighted by atomic mass is 9.84. The summed E-state index contributed by atoms with van der Waals surface area (Å²) in [6.45, 7) is 2.18. The van der Waals surface area contributed by atoms with E-state index in [2.05, 4.69) is 5.32 Å². The van der Waals surface area contributed by atoms with E-state index in [-0.39, 0.29) is 29.7 Å². The van der Waals surface area contributed by atoms with Crippen molar-refractivity contribution in [2.24, 2.45) is 17.6 Å². The number of rotatable bonds is 4. The van der Waals surface area contributed by atoms with Crippen LogP contribution in [0, 0.1) is 11.8 Å². The maximum Gasteiger partial charge on any atom is 0.225 e. The Balaban J connectivity index is 2.49. The number of nitrogens with two attached hydrogens (primary N) is 1. The van der Waals surface area contributed by atoms with E-state index in [4.69, 9.17) is 5.73 Å². The highest BCUT2D eigenvalue weighted by atomic mass is 16.2. The van der Waals surface area contributed by atoms with Gasteiger partial charge in [0, 0.05) is 38.5 Å². The molecule has 1 saturated carbocycles. The fraction of sp³-hybridized carbons (Fsp3) is 0.846. The SMILES string of the molecule is CC(CN)C(=O)NC1CCCC(C(=O)N(C)C)C1. The first-order chi connectivity index (χ1) is 8.45. The fourth-order valence-corrected chi connectivity index (χ4v) is 2.36. The molecule has 0 spiro atoms. The molecule has 1 fully saturated rings. The number of hydrogen-bond donors (Lipinski definition) is 2. The average Bonchev–Trinajstić information content (AvgIpc) is 2.36. The lowest BCUT2D eigenvalue weighted by Gasteiger charge is -2.31. The second-order valence-corrected chi connectivity index (χ2v) is 5.44. The van der Waals surface area contributed by atoms with Crippen molar-refractivity contribution in [2.75, 3.05) is 20.6 Å². The molecule has 1 aliphatic carbocycles. The zero-order chi connectivity index (χ0) is 13.7. The van der Waals surface area contributed by atoms with Crippen LogP contribution in [0.5, 0.6) is 0 Å². The van der Waals surface area contributed by atoms with Gasteiger partial charge in [0.1, 0.15) is 0 Å². The van der Waals surface area contributed by atoms with E-state index in [0.717, 1.165) is 25.7 Å². The van der Waals surface area contributed by atoms with Crippen molar-refractivity contribution >= 4 is 11.8 Å². The van der Waals surface area contributed by atoms with Crippen LogP contribution in [-0.4, -0.2) is 43.4 Å². The smallest absolute Gasteiger partial charge is 0.225 e. The zero-order valence-corrected chi connectivity index (χ0v) is 11.6. The van der Waals surface area contributed by atoms with Crippen LogP contribution in [0.1, 0.15) is 32.6 Å². The first-order valence-electron chi connectivity index (χ1n) is 6.67. The molecule has 0 saturated heterocycles. The third-order valence-corrected chi connectivity index (χ3v) is 3.61. The Hall–Kier alpha value is -1.10. The normalized spacial score (nSPS) is 25.3. The number of carbonyl (C=O) groups is 2. The highest BCUT2D eigenvalue weighted by molar-refractivity contribution is 5.80. The molecular weight excluding hydrogens is 230 g/mol. The van der Waals surface area contributed by atoms with E-state index >= 15 is 0 Å². The second kappa shape index (κ2) is 6.73. The van der Waals surface area contributed by atoms with Gasteiger partial charge in [-0.05, 0) is 19.3 Å². The first kappa shape index (κ1) is 15.0. The van der Waals surface area contributed by atoms with Gasteiger partial charge in [-0.1, -0.05) is 13.3 Å². The van der Waals surface area contributed by atoms with Gasteiger partial charge in [-0.3, -0.25) is 9.59 Å². The van der Waals surface area contributed by atoms with Crippen molar-refractivity contribution in [1.82, 2.24) is 10.2 Å². The largest absolute Gasteiger partial charge is 0.353 e. The maximum absolute atomic E-state index is 11.9. The third kappa shape index (κ3) is 3.98. The van der Waals surface area contributed by atoms with E-state index in [9.17, 15) is 9.59 Å². The van der Waals surface area contributed by atoms with Crippen molar-refractivity contribution in [1.29, 1.82) is 0 Å². The summed E-state index contributed by atoms with van der Waals surface area (Å²) >= 11 is 0. The average molecular weight is 255 g/mol. The van der Waals surface area contributed by atoms with Crippen LogP contribution >= 0.6 is 0 Å². The van der Waals surface area contributed by atoms with E-state index in [1.807, 2.05) is 6.92 Å². The second-order valence-electron chi connectivity index (χ2n) is 5.44. The van der Waals surface area contributed by atoms with Gasteiger partial charge in [-0.25, -0.2) is 0 Å². The van der Waals surface area contributed by atoms with E-state index in [1.165, 1.54) is 0 Å². The number of hydrogen-bond acceptors (Lipinski definition) is 3. The number of carbonyl (C=O) groups excluding carboxylic acids is 2. The topological polar surface area (TPSA) is 75.4 Å². The molecule has 104 valence electrons. The molecule has 1 rings (SSSR count). The third-order valence-electron chi connectivity index (χ3n) is 3.61. The van der Waals surface area contributed by atoms with Crippen LogP contribution in [0.2, 0.25) is 0 Å². The molecule has 0 heterocycles. The van der Waals surface area contributed by atoms with E-state index in [0.29, 0.717) is 6.54 Å². The van der Waals surface area contributed by atoms with Crippen LogP contribution in [-0.2, 0) is 9.59 Å². The van der Waals surface area contributed by atoms with Gasteiger partial charge in [0.05, 0.1) is 0 Å². The molecule has 3 unspecified atom stereocenters. The maximum atomic E-state index is 11.9. The van der Waals surface area contributed by atoms with Crippen molar-refractivity contribution in [3.05, 3.63) is 0 Å². The molecule has 0 aromatic rings. The van der Waals surface area contributed by atoms with Gasteiger partial charge in [0.15, 0.2) is 0 Å². The number of amides is 2. The first-order valence-corrected chi connectivity index (χ1v) is 6.67. The summed E-state index contributed by atoms with van der Waals surface area (Å²) in [4.78, 5) is 25.3. The van der Waals surface area contributed by atoms with Crippen LogP contribution in [0.3, 0.4) is 0 Å². The van der Waals surface area contributed by atoms with Crippen LogP contribution in [0.25, 0.3) is 0 Å². The summed E-state index contributed by atoms with van der Waals surface area (Å²) in [5.41, 5.74) is 5.47. The van der Waals surface area contributed by atoms with Crippen LogP contribution in [0.4, 0.5) is 0 Å². The van der Waals surface area contributed by atoms with Crippen molar-refractivity contribution < 1.29 is 9.59 Å². The highest BCUT2D eigenvalue weighted by Crippen LogP contribution is 2.25. The number of nitrogens with zero attached hydrogens (tertiary/aromatic N) is 1. The molecule has 0 bridgehead atoms. The molecule has 5 heteroatoms. The van der Waals surface area contributed by atoms with Crippen LogP contribution < -0.4 is 11.1 Å². The van der Waals surface area contributed by atoms with Crippen molar-refractivity contribution in [3.63, 3.8) is 0 Å². The standard InChI is InChI=1S/C13H25N3O2/c1-9(8-14)12(17)15-11-6-4-5-10(7-11)13(18)16(2)3/h9-11H,4-8,14H2,1-3H3,(H,15,17). The quantitative estimate of drug-likeness (QED) is 0.761. The molecule has 2 amide bonds. The lowest BCUT2D eigenvalue weighted by Crippen LogP contribution is -2.44. The van der Waals surface area contributed by atoms with Gasteiger partial charge in [-0.15, -0.1) is 0 Å². The Kier molecular flexibility index (Phi) is 5.59. The monoisotopic (exact) mass is 255 g/mol. The predicted octanol–water partition coefficient (Wildman–Crippen LogP) is 0.344. The number of nitrogens with one attached hydrogen (secondary N) is 1. The van der Waals surface area contributed by atoms with E-state index < -0.39 is 0 Å². The molecule has 3 atom stereocenters. The van der Waals surface area contributed by atoms with E-state index in [1.54, 1.807) is 19.0 Å². The molecule has 5 nitrogen and oxygen atoms in total. The summed E-state index contributed by atoms with van der Waals surface area (Å²) in [5.74, 6) is 0.0587. The van der Waals surface area contributed by atoms with Crippen molar-refractivity contribution in [2.45, 2.75) is 38.6 Å². The molecule has 1 aliphatic rings. The van der Waals surface area contributed by atoms with Gasteiger partial charge in [0.2, 0.25) is 11.8 Å². The Morgan fingerprint density at radius 1 is 1.39 bits per heavy atom. The predicted molar refractivity (Wildman–Crippen MR) is 70.8 cm³/mol. The Labute approximate surface area is 109 Å². The van der Waals surface area contributed by atoms with Gasteiger partial charge in [0.25, 0.3) is 0 Å². The highest BCUT2D eigenvalue weighted by Gasteiger charge is 2.29. The summed E-state index contributed by atoms with van der Waals surface area (Å²) in [6.07, 6.45) is 3.63. The summed E-state index contributed by atoms with van der Waals surface area (Å²) in [5, 5.41) is 3.00. The summed E-state index contributed by atoms with van der Waals surface area (Å²) in [6, 6.07) is 0.120. The molecule has 0 radical (unpaired) electrons. The Bertz CT molecular complexity index is 305. The van der Waals surface area contributed by atoms with Gasteiger partial charge < -0.3 is 16.0 Å². The molecule has 0 aromatic heterocycles. The Morgan fingerprint density at radius 2 is 2.06 bits per heavy atom. The minimum absolute atomic E-state index is 0.000419. The molecule has 0 aliphatic heterocycles. The summed E-state index contributed by atoms with van der Waals surface area (Å²) in [7, 11) is 3.56. The minimum Gasteiger partial charge on any atom is -0.353 e. The Morgan fingerprint density at radius 3 is 2.61 bits per heavy atom. The van der Waals surface area contributed by atoms with Crippen molar-refractivity contribution in [3.8, 4) is 0 Å². The van der Waals surface area contributed by atoms with Gasteiger partial charge >= 0.3 is 0 Å². The zero-order valence-electron chi connectivity index (χ0n) is 11.6. The van der Waals surface area contributed by atoms with Gasteiger partial charge in [-0.2, -0.15) is 0 Å². The molecule has 0 aromatic carbocycles. The molecule has 3 N–H and O–H groups in total. The summed E-state index contributed by atoms with van der Waals surface area (Å²) < 4.78 is 0. The lowest BCUT2D eigenvalue weighted by molar-refractivity contribution is -0.135. The van der Waals surface area contributed by atoms with Crippen LogP contribution in [0.15, 0.2) is 0 Å². The fourth-order valence-electron chi connectivity index (χ4n) is 2.36. The molecular formula is C13H25N3O2. The minimum atomic E-state index is -0.157. The molecule has 18 heavy (non-hydrogen) atoms.